The van der Waals surface area contributed by atoms with Crippen LogP contribution in [-0.4, -0.2) is 23.9 Å². The molecule has 0 saturated carbocycles. The quantitative estimate of drug-likeness (QED) is 0.536. The lowest BCUT2D eigenvalue weighted by atomic mass is 10.2. The molecule has 0 heterocycles. The molecule has 10 heavy (non-hydrogen) atoms. The standard InChI is InChI=1S/C8H17NO/c1-4-6-8(3)9(5-2)7-10/h7-8H,4-6H2,1-3H3. The van der Waals surface area contributed by atoms with Crippen LogP contribution in [0.3, 0.4) is 0 Å². The molecule has 2 heteroatoms. The van der Waals surface area contributed by atoms with Gasteiger partial charge in [-0.3, -0.25) is 4.79 Å². The van der Waals surface area contributed by atoms with E-state index in [1.54, 1.807) is 0 Å². The van der Waals surface area contributed by atoms with Crippen molar-refractivity contribution in [3.63, 3.8) is 0 Å². The van der Waals surface area contributed by atoms with Gasteiger partial charge in [-0.15, -0.1) is 0 Å². The van der Waals surface area contributed by atoms with E-state index in [0.29, 0.717) is 6.04 Å². The van der Waals surface area contributed by atoms with Gasteiger partial charge in [0.05, 0.1) is 0 Å². The van der Waals surface area contributed by atoms with E-state index >= 15 is 0 Å². The molecular formula is C8H17NO. The minimum atomic E-state index is 0.410. The average Bonchev–Trinajstić information content (AvgIpc) is 1.91. The second-order valence-corrected chi connectivity index (χ2v) is 2.57. The fourth-order valence-corrected chi connectivity index (χ4v) is 1.07. The van der Waals surface area contributed by atoms with Crippen LogP contribution < -0.4 is 0 Å². The van der Waals surface area contributed by atoms with Crippen molar-refractivity contribution in [1.29, 1.82) is 0 Å². The Morgan fingerprint density at radius 1 is 1.50 bits per heavy atom. The maximum Gasteiger partial charge on any atom is 0.209 e. The van der Waals surface area contributed by atoms with Crippen LogP contribution in [0.15, 0.2) is 0 Å². The molecule has 0 aromatic heterocycles. The molecule has 0 aliphatic heterocycles. The molecule has 0 aliphatic carbocycles. The molecule has 1 unspecified atom stereocenters. The van der Waals surface area contributed by atoms with Crippen LogP contribution in [0, 0.1) is 0 Å². The first-order valence-electron chi connectivity index (χ1n) is 3.97. The normalized spacial score (nSPS) is 12.7. The van der Waals surface area contributed by atoms with E-state index in [9.17, 15) is 4.79 Å². The highest BCUT2D eigenvalue weighted by molar-refractivity contribution is 5.47. The summed E-state index contributed by atoms with van der Waals surface area (Å²) in [5.41, 5.74) is 0. The van der Waals surface area contributed by atoms with E-state index in [2.05, 4.69) is 13.8 Å². The fraction of sp³-hybridized carbons (Fsp3) is 0.875. The number of carbonyl (C=O) groups is 1. The van der Waals surface area contributed by atoms with Crippen molar-refractivity contribution in [3.8, 4) is 0 Å². The molecule has 0 radical (unpaired) electrons. The van der Waals surface area contributed by atoms with E-state index in [4.69, 9.17) is 0 Å². The van der Waals surface area contributed by atoms with Gasteiger partial charge in [0.1, 0.15) is 0 Å². The predicted octanol–water partition coefficient (Wildman–Crippen LogP) is 1.65. The Balaban J connectivity index is 3.63. The third-order valence-corrected chi connectivity index (χ3v) is 1.77. The molecule has 1 amide bonds. The van der Waals surface area contributed by atoms with Crippen LogP contribution >= 0.6 is 0 Å². The SMILES string of the molecule is CCCC(C)N(C=O)CC. The molecule has 0 aromatic carbocycles. The summed E-state index contributed by atoms with van der Waals surface area (Å²) in [4.78, 5) is 12.2. The number of carbonyl (C=O) groups excluding carboxylic acids is 1. The molecule has 2 nitrogen and oxygen atoms in total. The van der Waals surface area contributed by atoms with Crippen molar-refractivity contribution in [2.24, 2.45) is 0 Å². The number of amides is 1. The van der Waals surface area contributed by atoms with E-state index in [0.717, 1.165) is 25.8 Å². The number of nitrogens with zero attached hydrogens (tertiary/aromatic N) is 1. The Morgan fingerprint density at radius 3 is 2.40 bits per heavy atom. The second kappa shape index (κ2) is 5.27. The Hall–Kier alpha value is -0.530. The summed E-state index contributed by atoms with van der Waals surface area (Å²) in [7, 11) is 0. The highest BCUT2D eigenvalue weighted by atomic mass is 16.1. The van der Waals surface area contributed by atoms with Gasteiger partial charge in [0, 0.05) is 12.6 Å². The predicted molar refractivity (Wildman–Crippen MR) is 42.8 cm³/mol. The van der Waals surface area contributed by atoms with Crippen LogP contribution in [0.4, 0.5) is 0 Å². The Morgan fingerprint density at radius 2 is 2.10 bits per heavy atom. The highest BCUT2D eigenvalue weighted by Crippen LogP contribution is 2.02. The summed E-state index contributed by atoms with van der Waals surface area (Å²) in [6, 6.07) is 0.410. The Labute approximate surface area is 63.2 Å². The average molecular weight is 143 g/mol. The molecule has 0 saturated heterocycles. The summed E-state index contributed by atoms with van der Waals surface area (Å²) in [5, 5.41) is 0. The topological polar surface area (TPSA) is 20.3 Å². The zero-order valence-electron chi connectivity index (χ0n) is 7.13. The van der Waals surface area contributed by atoms with E-state index in [1.165, 1.54) is 0 Å². The third-order valence-electron chi connectivity index (χ3n) is 1.77. The molecule has 0 aromatic rings. The Bertz CT molecular complexity index is 93.3. The minimum absolute atomic E-state index is 0.410. The number of hydrogen-bond acceptors (Lipinski definition) is 1. The fourth-order valence-electron chi connectivity index (χ4n) is 1.07. The molecule has 0 spiro atoms. The van der Waals surface area contributed by atoms with Gasteiger partial charge >= 0.3 is 0 Å². The third kappa shape index (κ3) is 2.85. The first-order chi connectivity index (χ1) is 4.76. The molecule has 60 valence electrons. The number of hydrogen-bond donors (Lipinski definition) is 0. The maximum absolute atomic E-state index is 10.4. The van der Waals surface area contributed by atoms with Gasteiger partial charge in [0.25, 0.3) is 0 Å². The van der Waals surface area contributed by atoms with Gasteiger partial charge in [-0.1, -0.05) is 13.3 Å². The van der Waals surface area contributed by atoms with Crippen molar-refractivity contribution >= 4 is 6.41 Å². The highest BCUT2D eigenvalue weighted by Gasteiger charge is 2.06. The lowest BCUT2D eigenvalue weighted by Gasteiger charge is -2.22. The van der Waals surface area contributed by atoms with E-state index in [-0.39, 0.29) is 0 Å². The first kappa shape index (κ1) is 9.47. The molecule has 0 rings (SSSR count). The lowest BCUT2D eigenvalue weighted by Crippen LogP contribution is -2.31. The van der Waals surface area contributed by atoms with Gasteiger partial charge in [0.2, 0.25) is 6.41 Å². The van der Waals surface area contributed by atoms with Gasteiger partial charge in [-0.2, -0.15) is 0 Å². The van der Waals surface area contributed by atoms with Crippen LogP contribution in [-0.2, 0) is 4.79 Å². The molecule has 0 aliphatic rings. The minimum Gasteiger partial charge on any atom is -0.343 e. The van der Waals surface area contributed by atoms with Crippen molar-refractivity contribution in [3.05, 3.63) is 0 Å². The summed E-state index contributed by atoms with van der Waals surface area (Å²) in [6.07, 6.45) is 3.18. The van der Waals surface area contributed by atoms with Crippen LogP contribution in [0.5, 0.6) is 0 Å². The first-order valence-corrected chi connectivity index (χ1v) is 3.97. The molecule has 0 N–H and O–H groups in total. The monoisotopic (exact) mass is 143 g/mol. The summed E-state index contributed by atoms with van der Waals surface area (Å²) < 4.78 is 0. The van der Waals surface area contributed by atoms with Gasteiger partial charge < -0.3 is 4.90 Å². The molecular weight excluding hydrogens is 126 g/mol. The van der Waals surface area contributed by atoms with E-state index in [1.807, 2.05) is 11.8 Å². The van der Waals surface area contributed by atoms with Crippen molar-refractivity contribution in [2.75, 3.05) is 6.54 Å². The van der Waals surface area contributed by atoms with Crippen LogP contribution in [0.25, 0.3) is 0 Å². The Kier molecular flexibility index (Phi) is 4.99. The summed E-state index contributed by atoms with van der Waals surface area (Å²) >= 11 is 0. The molecule has 1 atom stereocenters. The van der Waals surface area contributed by atoms with Crippen molar-refractivity contribution in [1.82, 2.24) is 4.90 Å². The van der Waals surface area contributed by atoms with Gasteiger partial charge in [0.15, 0.2) is 0 Å². The van der Waals surface area contributed by atoms with Crippen LogP contribution in [0.1, 0.15) is 33.6 Å². The largest absolute Gasteiger partial charge is 0.343 e. The van der Waals surface area contributed by atoms with Gasteiger partial charge in [-0.25, -0.2) is 0 Å². The van der Waals surface area contributed by atoms with Gasteiger partial charge in [-0.05, 0) is 20.3 Å². The second-order valence-electron chi connectivity index (χ2n) is 2.57. The summed E-state index contributed by atoms with van der Waals surface area (Å²) in [5.74, 6) is 0. The van der Waals surface area contributed by atoms with E-state index < -0.39 is 0 Å². The van der Waals surface area contributed by atoms with Crippen molar-refractivity contribution in [2.45, 2.75) is 39.7 Å². The number of rotatable bonds is 5. The smallest absolute Gasteiger partial charge is 0.209 e. The van der Waals surface area contributed by atoms with Crippen LogP contribution in [0.2, 0.25) is 0 Å². The zero-order chi connectivity index (χ0) is 7.98. The summed E-state index contributed by atoms with van der Waals surface area (Å²) in [6.45, 7) is 7.04. The maximum atomic E-state index is 10.4. The lowest BCUT2D eigenvalue weighted by molar-refractivity contribution is -0.119. The molecule has 0 fully saturated rings. The van der Waals surface area contributed by atoms with Crippen molar-refractivity contribution < 1.29 is 4.79 Å². The molecule has 0 bridgehead atoms. The zero-order valence-corrected chi connectivity index (χ0v) is 7.13.